The van der Waals surface area contributed by atoms with Gasteiger partial charge >= 0.3 is 0 Å². The summed E-state index contributed by atoms with van der Waals surface area (Å²) in [4.78, 5) is 28.0. The fourth-order valence-corrected chi connectivity index (χ4v) is 5.32. The van der Waals surface area contributed by atoms with Crippen LogP contribution in [0.2, 0.25) is 15.1 Å². The van der Waals surface area contributed by atoms with Crippen molar-refractivity contribution in [3.8, 4) is 0 Å². The SMILES string of the molecule is CC[C@H](C(=O)NCC(C)C)N(Cc1ccc(Cl)cc1)C(=O)CCCN(c1cc(Cl)ccc1Cl)S(C)(=O)=O. The number of sulfonamides is 1. The molecule has 0 aromatic heterocycles. The number of halogens is 3. The van der Waals surface area contributed by atoms with Crippen LogP contribution in [0.15, 0.2) is 42.5 Å². The van der Waals surface area contributed by atoms with Gasteiger partial charge in [0.2, 0.25) is 21.8 Å². The molecule has 0 spiro atoms. The van der Waals surface area contributed by atoms with E-state index in [0.29, 0.717) is 23.0 Å². The summed E-state index contributed by atoms with van der Waals surface area (Å²) in [6.45, 7) is 6.60. The summed E-state index contributed by atoms with van der Waals surface area (Å²) in [5.41, 5.74) is 1.08. The number of hydrogen-bond acceptors (Lipinski definition) is 4. The first kappa shape index (κ1) is 31.2. The maximum atomic E-state index is 13.5. The van der Waals surface area contributed by atoms with E-state index < -0.39 is 16.1 Å². The van der Waals surface area contributed by atoms with Gasteiger partial charge in [-0.05, 0) is 54.7 Å². The Balaban J connectivity index is 2.23. The Hall–Kier alpha value is -2.00. The molecule has 0 radical (unpaired) electrons. The van der Waals surface area contributed by atoms with Gasteiger partial charge in [-0.1, -0.05) is 67.7 Å². The van der Waals surface area contributed by atoms with Crippen molar-refractivity contribution in [2.75, 3.05) is 23.7 Å². The second-order valence-corrected chi connectivity index (χ2v) is 12.4. The molecule has 0 fully saturated rings. The molecule has 2 amide bonds. The molecule has 2 rings (SSSR count). The first-order valence-electron chi connectivity index (χ1n) is 12.1. The zero-order valence-corrected chi connectivity index (χ0v) is 24.6. The fourth-order valence-electron chi connectivity index (χ4n) is 3.79. The summed E-state index contributed by atoms with van der Waals surface area (Å²) >= 11 is 18.3. The van der Waals surface area contributed by atoms with Gasteiger partial charge in [0.1, 0.15) is 6.04 Å². The third kappa shape index (κ3) is 9.67. The number of carbonyl (C=O) groups excluding carboxylic acids is 2. The van der Waals surface area contributed by atoms with Crippen LogP contribution in [0.5, 0.6) is 0 Å². The molecule has 0 unspecified atom stereocenters. The molecule has 7 nitrogen and oxygen atoms in total. The van der Waals surface area contributed by atoms with E-state index in [2.05, 4.69) is 5.32 Å². The molecular weight excluding hydrogens is 557 g/mol. The van der Waals surface area contributed by atoms with E-state index in [9.17, 15) is 18.0 Å². The third-order valence-corrected chi connectivity index (χ3v) is 7.65. The van der Waals surface area contributed by atoms with Gasteiger partial charge in [0.05, 0.1) is 17.0 Å². The number of nitrogens with one attached hydrogen (secondary N) is 1. The van der Waals surface area contributed by atoms with Gasteiger partial charge in [0, 0.05) is 36.1 Å². The monoisotopic (exact) mass is 589 g/mol. The smallest absolute Gasteiger partial charge is 0.242 e. The number of nitrogens with zero attached hydrogens (tertiary/aromatic N) is 2. The lowest BCUT2D eigenvalue weighted by atomic mass is 10.1. The van der Waals surface area contributed by atoms with E-state index in [4.69, 9.17) is 34.8 Å². The van der Waals surface area contributed by atoms with E-state index >= 15 is 0 Å². The Morgan fingerprint density at radius 2 is 1.62 bits per heavy atom. The molecule has 0 bridgehead atoms. The van der Waals surface area contributed by atoms with Crippen molar-refractivity contribution in [1.29, 1.82) is 0 Å². The molecule has 0 saturated carbocycles. The average Bonchev–Trinajstić information content (AvgIpc) is 2.82. The number of benzene rings is 2. The molecule has 2 aromatic carbocycles. The van der Waals surface area contributed by atoms with Crippen molar-refractivity contribution in [3.05, 3.63) is 63.1 Å². The van der Waals surface area contributed by atoms with Crippen LogP contribution in [0.3, 0.4) is 0 Å². The zero-order chi connectivity index (χ0) is 27.8. The van der Waals surface area contributed by atoms with Gasteiger partial charge in [0.15, 0.2) is 0 Å². The van der Waals surface area contributed by atoms with Gasteiger partial charge in [-0.15, -0.1) is 0 Å². The van der Waals surface area contributed by atoms with Crippen LogP contribution in [-0.4, -0.2) is 50.5 Å². The van der Waals surface area contributed by atoms with Crippen LogP contribution >= 0.6 is 34.8 Å². The molecule has 0 heterocycles. The number of hydrogen-bond donors (Lipinski definition) is 1. The lowest BCUT2D eigenvalue weighted by molar-refractivity contribution is -0.141. The van der Waals surface area contributed by atoms with Crippen molar-refractivity contribution in [1.82, 2.24) is 10.2 Å². The van der Waals surface area contributed by atoms with E-state index in [1.807, 2.05) is 32.9 Å². The summed E-state index contributed by atoms with van der Waals surface area (Å²) in [7, 11) is -3.69. The predicted octanol–water partition coefficient (Wildman–Crippen LogP) is 5.77. The van der Waals surface area contributed by atoms with Crippen molar-refractivity contribution in [3.63, 3.8) is 0 Å². The Kier molecular flexibility index (Phi) is 12.0. The second-order valence-electron chi connectivity index (χ2n) is 9.25. The first-order chi connectivity index (χ1) is 17.3. The molecule has 11 heteroatoms. The molecule has 1 N–H and O–H groups in total. The molecule has 0 aliphatic heterocycles. The quantitative estimate of drug-likeness (QED) is 0.321. The minimum atomic E-state index is -3.69. The topological polar surface area (TPSA) is 86.8 Å². The molecular formula is C26H34Cl3N3O4S. The molecule has 204 valence electrons. The molecule has 0 saturated heterocycles. The van der Waals surface area contributed by atoms with Crippen molar-refractivity contribution in [2.45, 2.75) is 52.6 Å². The minimum Gasteiger partial charge on any atom is -0.354 e. The lowest BCUT2D eigenvalue weighted by Gasteiger charge is -2.31. The number of anilines is 1. The summed E-state index contributed by atoms with van der Waals surface area (Å²) < 4.78 is 26.2. The van der Waals surface area contributed by atoms with E-state index in [0.717, 1.165) is 16.1 Å². The summed E-state index contributed by atoms with van der Waals surface area (Å²) in [6.07, 6.45) is 1.75. The van der Waals surface area contributed by atoms with E-state index in [1.165, 1.54) is 12.1 Å². The standard InChI is InChI=1S/C26H34Cl3N3O4S/c1-5-23(26(34)30-16-18(2)3)31(17-19-8-10-20(27)11-9-19)25(33)7-6-14-32(37(4,35)36)24-15-21(28)12-13-22(24)29/h8-13,15,18,23H,5-7,14,16-17H2,1-4H3,(H,30,34)/t23-/m1/s1. The first-order valence-corrected chi connectivity index (χ1v) is 15.1. The molecule has 1 atom stereocenters. The molecule has 2 aromatic rings. The number of amides is 2. The Morgan fingerprint density at radius 1 is 1.00 bits per heavy atom. The number of carbonyl (C=O) groups is 2. The maximum Gasteiger partial charge on any atom is 0.242 e. The Morgan fingerprint density at radius 3 is 2.19 bits per heavy atom. The van der Waals surface area contributed by atoms with Gasteiger partial charge in [-0.25, -0.2) is 8.42 Å². The highest BCUT2D eigenvalue weighted by atomic mass is 35.5. The van der Waals surface area contributed by atoms with Crippen LogP contribution in [0.4, 0.5) is 5.69 Å². The van der Waals surface area contributed by atoms with Crippen molar-refractivity contribution in [2.24, 2.45) is 5.92 Å². The van der Waals surface area contributed by atoms with Gasteiger partial charge in [0.25, 0.3) is 0 Å². The van der Waals surface area contributed by atoms with E-state index in [-0.39, 0.29) is 54.4 Å². The van der Waals surface area contributed by atoms with Gasteiger partial charge in [-0.2, -0.15) is 0 Å². The Bertz CT molecular complexity index is 1170. The highest BCUT2D eigenvalue weighted by Gasteiger charge is 2.29. The minimum absolute atomic E-state index is 0.0236. The molecule has 0 aliphatic rings. The van der Waals surface area contributed by atoms with E-state index in [1.54, 1.807) is 23.1 Å². The van der Waals surface area contributed by atoms with Crippen LogP contribution in [0.25, 0.3) is 0 Å². The predicted molar refractivity (Wildman–Crippen MR) is 152 cm³/mol. The summed E-state index contributed by atoms with van der Waals surface area (Å²) in [5.74, 6) is -0.212. The fraction of sp³-hybridized carbons (Fsp3) is 0.462. The van der Waals surface area contributed by atoms with Crippen molar-refractivity contribution >= 4 is 62.3 Å². The largest absolute Gasteiger partial charge is 0.354 e. The highest BCUT2D eigenvalue weighted by molar-refractivity contribution is 7.92. The highest BCUT2D eigenvalue weighted by Crippen LogP contribution is 2.31. The maximum absolute atomic E-state index is 13.5. The summed E-state index contributed by atoms with van der Waals surface area (Å²) in [6, 6.07) is 11.0. The molecule has 37 heavy (non-hydrogen) atoms. The van der Waals surface area contributed by atoms with Crippen LogP contribution in [0.1, 0.15) is 45.6 Å². The third-order valence-electron chi connectivity index (χ3n) is 5.67. The van der Waals surface area contributed by atoms with Crippen LogP contribution < -0.4 is 9.62 Å². The number of rotatable bonds is 13. The van der Waals surface area contributed by atoms with Crippen LogP contribution in [-0.2, 0) is 26.2 Å². The van der Waals surface area contributed by atoms with Crippen LogP contribution in [0, 0.1) is 5.92 Å². The zero-order valence-electron chi connectivity index (χ0n) is 21.5. The van der Waals surface area contributed by atoms with Crippen molar-refractivity contribution < 1.29 is 18.0 Å². The second kappa shape index (κ2) is 14.2. The lowest BCUT2D eigenvalue weighted by Crippen LogP contribution is -2.49. The van der Waals surface area contributed by atoms with Gasteiger partial charge in [-0.3, -0.25) is 13.9 Å². The summed E-state index contributed by atoms with van der Waals surface area (Å²) in [5, 5.41) is 4.07. The molecule has 0 aliphatic carbocycles. The van der Waals surface area contributed by atoms with Gasteiger partial charge < -0.3 is 10.2 Å². The average molecular weight is 591 g/mol. The normalized spacial score (nSPS) is 12.3. The Labute approximate surface area is 235 Å².